The Morgan fingerprint density at radius 3 is 2.74 bits per heavy atom. The Hall–Kier alpha value is -2.00. The van der Waals surface area contributed by atoms with Crippen molar-refractivity contribution in [2.24, 2.45) is 5.92 Å². The second kappa shape index (κ2) is 7.05. The molecule has 0 aliphatic heterocycles. The summed E-state index contributed by atoms with van der Waals surface area (Å²) in [5.41, 5.74) is 1.79. The Morgan fingerprint density at radius 1 is 1.22 bits per heavy atom. The van der Waals surface area contributed by atoms with Gasteiger partial charge in [-0.25, -0.2) is 0 Å². The monoisotopic (exact) mass is 329 g/mol. The SMILES string of the molecule is CCCOc1ccccc1NC(=O)C1CC1c1ccccc1Cl. The van der Waals surface area contributed by atoms with E-state index >= 15 is 0 Å². The van der Waals surface area contributed by atoms with Crippen LogP contribution in [0.25, 0.3) is 0 Å². The van der Waals surface area contributed by atoms with Gasteiger partial charge in [0.1, 0.15) is 5.75 Å². The van der Waals surface area contributed by atoms with Crippen LogP contribution in [0.5, 0.6) is 5.75 Å². The molecule has 0 radical (unpaired) electrons. The predicted octanol–water partition coefficient (Wildman–Crippen LogP) is 4.87. The van der Waals surface area contributed by atoms with E-state index in [1.54, 1.807) is 0 Å². The lowest BCUT2D eigenvalue weighted by Gasteiger charge is -2.12. The van der Waals surface area contributed by atoms with Crippen molar-refractivity contribution in [3.8, 4) is 5.75 Å². The van der Waals surface area contributed by atoms with Crippen LogP contribution in [0.15, 0.2) is 48.5 Å². The lowest BCUT2D eigenvalue weighted by atomic mass is 10.1. The molecule has 23 heavy (non-hydrogen) atoms. The van der Waals surface area contributed by atoms with E-state index < -0.39 is 0 Å². The van der Waals surface area contributed by atoms with Crippen molar-refractivity contribution in [2.75, 3.05) is 11.9 Å². The molecule has 0 aromatic heterocycles. The maximum Gasteiger partial charge on any atom is 0.228 e. The minimum Gasteiger partial charge on any atom is -0.491 e. The molecule has 0 spiro atoms. The number of carbonyl (C=O) groups is 1. The first-order valence-electron chi connectivity index (χ1n) is 7.97. The van der Waals surface area contributed by atoms with Crippen LogP contribution < -0.4 is 10.1 Å². The van der Waals surface area contributed by atoms with E-state index in [2.05, 4.69) is 12.2 Å². The zero-order valence-corrected chi connectivity index (χ0v) is 13.8. The molecular weight excluding hydrogens is 310 g/mol. The van der Waals surface area contributed by atoms with Crippen LogP contribution in [-0.4, -0.2) is 12.5 Å². The van der Waals surface area contributed by atoms with Crippen LogP contribution in [0.2, 0.25) is 5.02 Å². The number of rotatable bonds is 6. The minimum atomic E-state index is -0.0193. The van der Waals surface area contributed by atoms with E-state index in [-0.39, 0.29) is 17.7 Å². The van der Waals surface area contributed by atoms with Crippen LogP contribution in [-0.2, 0) is 4.79 Å². The quantitative estimate of drug-likeness (QED) is 0.821. The summed E-state index contributed by atoms with van der Waals surface area (Å²) in [4.78, 5) is 12.5. The second-order valence-corrected chi connectivity index (χ2v) is 6.21. The molecule has 3 rings (SSSR count). The van der Waals surface area contributed by atoms with Gasteiger partial charge in [-0.15, -0.1) is 0 Å². The predicted molar refractivity (Wildman–Crippen MR) is 93.2 cm³/mol. The fraction of sp³-hybridized carbons (Fsp3) is 0.316. The number of nitrogens with one attached hydrogen (secondary N) is 1. The van der Waals surface area contributed by atoms with Gasteiger partial charge in [-0.1, -0.05) is 48.9 Å². The Balaban J connectivity index is 1.66. The molecule has 3 nitrogen and oxygen atoms in total. The summed E-state index contributed by atoms with van der Waals surface area (Å²) in [6.45, 7) is 2.69. The summed E-state index contributed by atoms with van der Waals surface area (Å²) in [6.07, 6.45) is 1.77. The number of amides is 1. The average molecular weight is 330 g/mol. The smallest absolute Gasteiger partial charge is 0.228 e. The number of halogens is 1. The summed E-state index contributed by atoms with van der Waals surface area (Å²) >= 11 is 6.22. The summed E-state index contributed by atoms with van der Waals surface area (Å²) in [6, 6.07) is 15.3. The normalized spacial score (nSPS) is 19.2. The molecule has 0 saturated heterocycles. The molecule has 0 bridgehead atoms. The molecule has 4 heteroatoms. The number of para-hydroxylation sites is 2. The zero-order chi connectivity index (χ0) is 16.2. The molecular formula is C19H20ClNO2. The van der Waals surface area contributed by atoms with E-state index in [0.29, 0.717) is 6.61 Å². The van der Waals surface area contributed by atoms with Gasteiger partial charge in [-0.2, -0.15) is 0 Å². The maximum absolute atomic E-state index is 12.5. The van der Waals surface area contributed by atoms with Crippen LogP contribution >= 0.6 is 11.6 Å². The van der Waals surface area contributed by atoms with Crippen molar-refractivity contribution >= 4 is 23.2 Å². The van der Waals surface area contributed by atoms with Crippen LogP contribution in [0.1, 0.15) is 31.2 Å². The molecule has 1 fully saturated rings. The first-order valence-corrected chi connectivity index (χ1v) is 8.35. The third kappa shape index (κ3) is 3.67. The van der Waals surface area contributed by atoms with Crippen LogP contribution in [0.3, 0.4) is 0 Å². The minimum absolute atomic E-state index is 0.0193. The van der Waals surface area contributed by atoms with Gasteiger partial charge in [0.25, 0.3) is 0 Å². The lowest BCUT2D eigenvalue weighted by molar-refractivity contribution is -0.117. The number of ether oxygens (including phenoxy) is 1. The third-order valence-corrected chi connectivity index (χ3v) is 4.38. The van der Waals surface area contributed by atoms with Crippen LogP contribution in [0.4, 0.5) is 5.69 Å². The molecule has 0 heterocycles. The summed E-state index contributed by atoms with van der Waals surface area (Å²) in [5.74, 6) is 0.946. The summed E-state index contributed by atoms with van der Waals surface area (Å²) < 4.78 is 5.68. The van der Waals surface area contributed by atoms with Gasteiger partial charge >= 0.3 is 0 Å². The van der Waals surface area contributed by atoms with Crippen molar-refractivity contribution in [1.29, 1.82) is 0 Å². The molecule has 1 amide bonds. The van der Waals surface area contributed by atoms with E-state index in [1.807, 2.05) is 48.5 Å². The number of benzene rings is 2. The highest BCUT2D eigenvalue weighted by Gasteiger charge is 2.44. The maximum atomic E-state index is 12.5. The van der Waals surface area contributed by atoms with Gasteiger partial charge in [-0.3, -0.25) is 4.79 Å². The van der Waals surface area contributed by atoms with Crippen molar-refractivity contribution in [3.05, 3.63) is 59.1 Å². The van der Waals surface area contributed by atoms with Gasteiger partial charge in [0.15, 0.2) is 0 Å². The molecule has 1 saturated carbocycles. The number of carbonyl (C=O) groups excluding carboxylic acids is 1. The summed E-state index contributed by atoms with van der Waals surface area (Å²) in [7, 11) is 0. The van der Waals surface area contributed by atoms with E-state index in [4.69, 9.17) is 16.3 Å². The number of hydrogen-bond donors (Lipinski definition) is 1. The Labute approximate surface area is 141 Å². The standard InChI is InChI=1S/C19H20ClNO2/c1-2-11-23-18-10-6-5-9-17(18)21-19(22)15-12-14(15)13-7-3-4-8-16(13)20/h3-10,14-15H,2,11-12H2,1H3,(H,21,22). The van der Waals surface area contributed by atoms with Gasteiger partial charge in [0.2, 0.25) is 5.91 Å². The highest BCUT2D eigenvalue weighted by molar-refractivity contribution is 6.31. The Morgan fingerprint density at radius 2 is 1.96 bits per heavy atom. The van der Waals surface area contributed by atoms with Crippen molar-refractivity contribution < 1.29 is 9.53 Å². The number of hydrogen-bond acceptors (Lipinski definition) is 2. The highest BCUT2D eigenvalue weighted by Crippen LogP contribution is 2.50. The van der Waals surface area contributed by atoms with Crippen molar-refractivity contribution in [3.63, 3.8) is 0 Å². The molecule has 1 aliphatic carbocycles. The second-order valence-electron chi connectivity index (χ2n) is 5.80. The number of anilines is 1. The first-order chi connectivity index (χ1) is 11.2. The fourth-order valence-electron chi connectivity index (χ4n) is 2.74. The topological polar surface area (TPSA) is 38.3 Å². The van der Waals surface area contributed by atoms with Crippen molar-refractivity contribution in [1.82, 2.24) is 0 Å². The molecule has 2 unspecified atom stereocenters. The van der Waals surface area contributed by atoms with Crippen LogP contribution in [0, 0.1) is 5.92 Å². The third-order valence-electron chi connectivity index (χ3n) is 4.04. The molecule has 2 atom stereocenters. The van der Waals surface area contributed by atoms with Gasteiger partial charge in [0, 0.05) is 10.9 Å². The molecule has 1 N–H and O–H groups in total. The zero-order valence-electron chi connectivity index (χ0n) is 13.1. The molecule has 2 aromatic carbocycles. The Kier molecular flexibility index (Phi) is 4.87. The molecule has 2 aromatic rings. The first kappa shape index (κ1) is 15.9. The van der Waals surface area contributed by atoms with Gasteiger partial charge < -0.3 is 10.1 Å². The molecule has 120 valence electrons. The average Bonchev–Trinajstić information content (AvgIpc) is 3.35. The Bertz CT molecular complexity index is 701. The fourth-order valence-corrected chi connectivity index (χ4v) is 3.01. The lowest BCUT2D eigenvalue weighted by Crippen LogP contribution is -2.15. The highest BCUT2D eigenvalue weighted by atomic mass is 35.5. The van der Waals surface area contributed by atoms with Crippen molar-refractivity contribution in [2.45, 2.75) is 25.7 Å². The largest absolute Gasteiger partial charge is 0.491 e. The summed E-state index contributed by atoms with van der Waals surface area (Å²) in [5, 5.41) is 3.73. The van der Waals surface area contributed by atoms with E-state index in [1.165, 1.54) is 0 Å². The van der Waals surface area contributed by atoms with E-state index in [0.717, 1.165) is 34.9 Å². The van der Waals surface area contributed by atoms with Gasteiger partial charge in [-0.05, 0) is 42.5 Å². The van der Waals surface area contributed by atoms with E-state index in [9.17, 15) is 4.79 Å². The molecule has 1 aliphatic rings. The van der Waals surface area contributed by atoms with Gasteiger partial charge in [0.05, 0.1) is 12.3 Å².